The van der Waals surface area contributed by atoms with E-state index in [1.165, 1.54) is 11.3 Å². The Balaban J connectivity index is 2.05. The van der Waals surface area contributed by atoms with Gasteiger partial charge in [0, 0.05) is 5.69 Å². The predicted molar refractivity (Wildman–Crippen MR) is 61.2 cm³/mol. The molecule has 0 spiro atoms. The molecule has 2 heterocycles. The first kappa shape index (κ1) is 10.8. The first-order chi connectivity index (χ1) is 7.24. The van der Waals surface area contributed by atoms with Crippen LogP contribution in [-0.4, -0.2) is 20.2 Å². The molecular formula is C8H7ClN4S2. The first-order valence-corrected chi connectivity index (χ1v) is 6.37. The molecule has 0 saturated heterocycles. The van der Waals surface area contributed by atoms with Crippen LogP contribution in [0.25, 0.3) is 0 Å². The highest BCUT2D eigenvalue weighted by Crippen LogP contribution is 2.22. The molecular weight excluding hydrogens is 252 g/mol. The molecule has 4 nitrogen and oxygen atoms in total. The summed E-state index contributed by atoms with van der Waals surface area (Å²) in [6.45, 7) is 1.90. The third kappa shape index (κ3) is 3.12. The standard InChI is InChI=1S/C8H7ClN4S2/c1-5-2-6(9)12-7(11-5)3-14-8-13-10-4-15-8/h2,4H,3H2,1H3. The van der Waals surface area contributed by atoms with Gasteiger partial charge in [0.15, 0.2) is 4.34 Å². The molecule has 0 N–H and O–H groups in total. The van der Waals surface area contributed by atoms with Crippen molar-refractivity contribution in [2.45, 2.75) is 17.0 Å². The van der Waals surface area contributed by atoms with Crippen LogP contribution < -0.4 is 0 Å². The fraction of sp³-hybridized carbons (Fsp3) is 0.250. The van der Waals surface area contributed by atoms with Crippen molar-refractivity contribution >= 4 is 34.7 Å². The summed E-state index contributed by atoms with van der Waals surface area (Å²) in [7, 11) is 0. The normalized spacial score (nSPS) is 10.5. The van der Waals surface area contributed by atoms with Gasteiger partial charge in [-0.2, -0.15) is 0 Å². The fourth-order valence-corrected chi connectivity index (χ4v) is 2.60. The number of thioether (sulfide) groups is 1. The Morgan fingerprint density at radius 1 is 1.47 bits per heavy atom. The van der Waals surface area contributed by atoms with Gasteiger partial charge in [-0.15, -0.1) is 10.2 Å². The summed E-state index contributed by atoms with van der Waals surface area (Å²) in [4.78, 5) is 8.40. The van der Waals surface area contributed by atoms with Crippen LogP contribution in [-0.2, 0) is 5.75 Å². The molecule has 2 rings (SSSR count). The molecule has 78 valence electrons. The minimum atomic E-state index is 0.482. The highest BCUT2D eigenvalue weighted by molar-refractivity contribution is 8.00. The predicted octanol–water partition coefficient (Wildman–Crippen LogP) is 2.58. The van der Waals surface area contributed by atoms with E-state index in [0.717, 1.165) is 15.9 Å². The Labute approximate surface area is 100 Å². The highest BCUT2D eigenvalue weighted by Gasteiger charge is 2.03. The largest absolute Gasteiger partial charge is 0.237 e. The highest BCUT2D eigenvalue weighted by atomic mass is 35.5. The maximum Gasteiger partial charge on any atom is 0.174 e. The summed E-state index contributed by atoms with van der Waals surface area (Å²) in [6, 6.07) is 1.74. The van der Waals surface area contributed by atoms with Crippen LogP contribution in [0.1, 0.15) is 11.5 Å². The van der Waals surface area contributed by atoms with Crippen LogP contribution in [0.5, 0.6) is 0 Å². The van der Waals surface area contributed by atoms with E-state index >= 15 is 0 Å². The lowest BCUT2D eigenvalue weighted by molar-refractivity contribution is 0.984. The maximum atomic E-state index is 5.83. The molecule has 0 unspecified atom stereocenters. The second-order valence-corrected chi connectivity index (χ2v) is 5.18. The maximum absolute atomic E-state index is 5.83. The average Bonchev–Trinajstić information content (AvgIpc) is 2.65. The van der Waals surface area contributed by atoms with E-state index < -0.39 is 0 Å². The van der Waals surface area contributed by atoms with Crippen LogP contribution in [0.4, 0.5) is 0 Å². The molecule has 15 heavy (non-hydrogen) atoms. The number of aromatic nitrogens is 4. The summed E-state index contributed by atoms with van der Waals surface area (Å²) in [5, 5.41) is 8.15. The number of halogens is 1. The Morgan fingerprint density at radius 2 is 2.33 bits per heavy atom. The molecule has 0 fully saturated rings. The molecule has 7 heteroatoms. The first-order valence-electron chi connectivity index (χ1n) is 4.13. The molecule has 2 aromatic rings. The van der Waals surface area contributed by atoms with E-state index in [1.54, 1.807) is 23.3 Å². The third-order valence-corrected chi connectivity index (χ3v) is 3.58. The zero-order valence-corrected chi connectivity index (χ0v) is 10.2. The fourth-order valence-electron chi connectivity index (χ4n) is 1.01. The molecule has 0 aliphatic rings. The molecule has 0 amide bonds. The van der Waals surface area contributed by atoms with Crippen molar-refractivity contribution in [3.63, 3.8) is 0 Å². The van der Waals surface area contributed by atoms with E-state index in [1.807, 2.05) is 6.92 Å². The van der Waals surface area contributed by atoms with Crippen molar-refractivity contribution in [2.24, 2.45) is 0 Å². The Hall–Kier alpha value is -0.720. The zero-order chi connectivity index (χ0) is 10.7. The lowest BCUT2D eigenvalue weighted by Crippen LogP contribution is -1.95. The lowest BCUT2D eigenvalue weighted by atomic mass is 10.4. The van der Waals surface area contributed by atoms with Gasteiger partial charge in [0.05, 0.1) is 5.75 Å². The summed E-state index contributed by atoms with van der Waals surface area (Å²) in [5.74, 6) is 1.39. The molecule has 0 aliphatic heterocycles. The Bertz CT molecular complexity index is 426. The number of aryl methyl sites for hydroxylation is 1. The van der Waals surface area contributed by atoms with E-state index in [9.17, 15) is 0 Å². The molecule has 0 radical (unpaired) electrons. The number of rotatable bonds is 3. The second-order valence-electron chi connectivity index (χ2n) is 2.74. The second kappa shape index (κ2) is 4.87. The minimum absolute atomic E-state index is 0.482. The smallest absolute Gasteiger partial charge is 0.174 e. The minimum Gasteiger partial charge on any atom is -0.237 e. The van der Waals surface area contributed by atoms with Crippen molar-refractivity contribution in [1.29, 1.82) is 0 Å². The molecule has 0 aromatic carbocycles. The van der Waals surface area contributed by atoms with Crippen molar-refractivity contribution in [3.05, 3.63) is 28.2 Å². The van der Waals surface area contributed by atoms with Gasteiger partial charge in [-0.05, 0) is 13.0 Å². The Morgan fingerprint density at radius 3 is 3.00 bits per heavy atom. The third-order valence-electron chi connectivity index (χ3n) is 1.53. The SMILES string of the molecule is Cc1cc(Cl)nc(CSc2nncs2)n1. The number of nitrogens with zero attached hydrogens (tertiary/aromatic N) is 4. The Kier molecular flexibility index (Phi) is 3.50. The van der Waals surface area contributed by atoms with Crippen LogP contribution in [0.3, 0.4) is 0 Å². The zero-order valence-electron chi connectivity index (χ0n) is 7.85. The van der Waals surface area contributed by atoms with Crippen LogP contribution in [0.15, 0.2) is 15.9 Å². The van der Waals surface area contributed by atoms with Gasteiger partial charge in [0.2, 0.25) is 0 Å². The van der Waals surface area contributed by atoms with Gasteiger partial charge >= 0.3 is 0 Å². The van der Waals surface area contributed by atoms with Crippen LogP contribution in [0, 0.1) is 6.92 Å². The molecule has 0 bridgehead atoms. The molecule has 0 aliphatic carbocycles. The van der Waals surface area contributed by atoms with Gasteiger partial charge in [-0.3, -0.25) is 0 Å². The van der Waals surface area contributed by atoms with E-state index in [4.69, 9.17) is 11.6 Å². The number of hydrogen-bond acceptors (Lipinski definition) is 6. The van der Waals surface area contributed by atoms with Gasteiger partial charge in [-0.1, -0.05) is 34.7 Å². The molecule has 2 aromatic heterocycles. The van der Waals surface area contributed by atoms with Gasteiger partial charge in [-0.25, -0.2) is 9.97 Å². The molecule has 0 saturated carbocycles. The topological polar surface area (TPSA) is 51.6 Å². The van der Waals surface area contributed by atoms with Gasteiger partial charge in [0.1, 0.15) is 16.5 Å². The van der Waals surface area contributed by atoms with Crippen molar-refractivity contribution < 1.29 is 0 Å². The monoisotopic (exact) mass is 258 g/mol. The summed E-state index contributed by atoms with van der Waals surface area (Å²) >= 11 is 8.89. The van der Waals surface area contributed by atoms with Gasteiger partial charge in [0.25, 0.3) is 0 Å². The molecule has 0 atom stereocenters. The van der Waals surface area contributed by atoms with Crippen molar-refractivity contribution in [3.8, 4) is 0 Å². The average molecular weight is 259 g/mol. The summed E-state index contributed by atoms with van der Waals surface area (Å²) in [6.07, 6.45) is 0. The summed E-state index contributed by atoms with van der Waals surface area (Å²) < 4.78 is 0.913. The van der Waals surface area contributed by atoms with E-state index in [-0.39, 0.29) is 0 Å². The number of hydrogen-bond donors (Lipinski definition) is 0. The lowest BCUT2D eigenvalue weighted by Gasteiger charge is -1.99. The van der Waals surface area contributed by atoms with Crippen LogP contribution in [0.2, 0.25) is 5.15 Å². The van der Waals surface area contributed by atoms with Crippen LogP contribution >= 0.6 is 34.7 Å². The van der Waals surface area contributed by atoms with Crippen molar-refractivity contribution in [1.82, 2.24) is 20.2 Å². The summed E-state index contributed by atoms with van der Waals surface area (Å²) in [5.41, 5.74) is 2.58. The quantitative estimate of drug-likeness (QED) is 0.626. The van der Waals surface area contributed by atoms with E-state index in [2.05, 4.69) is 20.2 Å². The van der Waals surface area contributed by atoms with Gasteiger partial charge < -0.3 is 0 Å². The van der Waals surface area contributed by atoms with Crippen molar-refractivity contribution in [2.75, 3.05) is 0 Å². The van der Waals surface area contributed by atoms with E-state index in [0.29, 0.717) is 10.9 Å².